The summed E-state index contributed by atoms with van der Waals surface area (Å²) < 4.78 is 29.5. The van der Waals surface area contributed by atoms with Gasteiger partial charge in [0, 0.05) is 44.5 Å². The Kier molecular flexibility index (Phi) is 4.68. The zero-order valence-corrected chi connectivity index (χ0v) is 14.2. The number of fused-ring (bicyclic) bond motifs is 1. The molecule has 2 heterocycles. The summed E-state index contributed by atoms with van der Waals surface area (Å²) in [6.45, 7) is 1.16. The van der Waals surface area contributed by atoms with Gasteiger partial charge in [0.15, 0.2) is 0 Å². The van der Waals surface area contributed by atoms with Gasteiger partial charge in [-0.1, -0.05) is 0 Å². The van der Waals surface area contributed by atoms with E-state index in [2.05, 4.69) is 19.6 Å². The van der Waals surface area contributed by atoms with E-state index in [0.717, 1.165) is 25.2 Å². The Balaban J connectivity index is 1.63. The number of nitrogens with zero attached hydrogens (tertiary/aromatic N) is 2. The average molecular weight is 348 g/mol. The lowest BCUT2D eigenvalue weighted by Crippen LogP contribution is -2.33. The summed E-state index contributed by atoms with van der Waals surface area (Å²) in [5, 5.41) is 2.50. The van der Waals surface area contributed by atoms with E-state index in [0.29, 0.717) is 12.1 Å². The maximum Gasteiger partial charge on any atom is 0.251 e. The Morgan fingerprint density at radius 3 is 2.79 bits per heavy atom. The Morgan fingerprint density at radius 1 is 1.33 bits per heavy atom. The molecule has 1 amide bonds. The van der Waals surface area contributed by atoms with Gasteiger partial charge >= 0.3 is 0 Å². The zero-order chi connectivity index (χ0) is 17.2. The van der Waals surface area contributed by atoms with Crippen LogP contribution in [0.25, 0.3) is 0 Å². The second-order valence-electron chi connectivity index (χ2n) is 5.86. The van der Waals surface area contributed by atoms with Crippen LogP contribution in [-0.4, -0.2) is 37.5 Å². The highest BCUT2D eigenvalue weighted by Crippen LogP contribution is 2.19. The highest BCUT2D eigenvalue weighted by molar-refractivity contribution is 7.89. The molecule has 8 heteroatoms. The van der Waals surface area contributed by atoms with Gasteiger partial charge in [0.25, 0.3) is 5.91 Å². The fourth-order valence-electron chi connectivity index (χ4n) is 2.84. The van der Waals surface area contributed by atoms with Crippen molar-refractivity contribution in [3.63, 3.8) is 0 Å². The Hall–Kier alpha value is -2.19. The van der Waals surface area contributed by atoms with Crippen LogP contribution in [0.2, 0.25) is 0 Å². The number of rotatable bonds is 5. The van der Waals surface area contributed by atoms with E-state index in [1.54, 1.807) is 6.20 Å². The van der Waals surface area contributed by atoms with Crippen LogP contribution in [0.4, 0.5) is 0 Å². The summed E-state index contributed by atoms with van der Waals surface area (Å²) in [5.74, 6) is 1.05. The number of nitrogens with one attached hydrogen (secondary N) is 2. The van der Waals surface area contributed by atoms with Crippen LogP contribution < -0.4 is 10.0 Å². The van der Waals surface area contributed by atoms with Gasteiger partial charge in [0.1, 0.15) is 5.82 Å². The van der Waals surface area contributed by atoms with Crippen molar-refractivity contribution in [3.05, 3.63) is 48.0 Å². The molecule has 2 aromatic rings. The van der Waals surface area contributed by atoms with Crippen molar-refractivity contribution in [2.75, 3.05) is 13.6 Å². The van der Waals surface area contributed by atoms with Crippen LogP contribution in [0.15, 0.2) is 41.6 Å². The minimum absolute atomic E-state index is 0.161. The van der Waals surface area contributed by atoms with Crippen LogP contribution in [0.1, 0.15) is 22.6 Å². The summed E-state index contributed by atoms with van der Waals surface area (Å²) in [6.07, 6.45) is 5.47. The number of amides is 1. The number of sulfonamides is 1. The fraction of sp³-hybridized carbons (Fsp3) is 0.375. The average Bonchev–Trinajstić information content (AvgIpc) is 3.07. The number of hydrogen-bond acceptors (Lipinski definition) is 4. The minimum Gasteiger partial charge on any atom is -0.355 e. The first-order valence-electron chi connectivity index (χ1n) is 7.81. The number of aryl methyl sites for hydroxylation is 1. The molecule has 128 valence electrons. The molecule has 1 atom stereocenters. The third-order valence-corrected chi connectivity index (χ3v) is 5.69. The Morgan fingerprint density at radius 2 is 2.08 bits per heavy atom. The maximum absolute atomic E-state index is 12.4. The molecular formula is C16H20N4O3S. The lowest BCUT2D eigenvalue weighted by molar-refractivity contribution is 0.0963. The monoisotopic (exact) mass is 348 g/mol. The molecule has 3 rings (SSSR count). The quantitative estimate of drug-likeness (QED) is 0.835. The standard InChI is InChI=1S/C16H20N4O3S/c1-17-16(21)13-3-5-14(6-4-13)24(22,23)19-10-12-2-7-15-18-8-9-20(15)11-12/h3-6,8-9,12,19H,2,7,10-11H2,1H3,(H,17,21). The van der Waals surface area contributed by atoms with Crippen molar-refractivity contribution < 1.29 is 13.2 Å². The first-order valence-corrected chi connectivity index (χ1v) is 9.30. The molecule has 0 spiro atoms. The molecule has 0 radical (unpaired) electrons. The van der Waals surface area contributed by atoms with Gasteiger partial charge in [-0.2, -0.15) is 0 Å². The molecule has 7 nitrogen and oxygen atoms in total. The number of aromatic nitrogens is 2. The smallest absolute Gasteiger partial charge is 0.251 e. The van der Waals surface area contributed by atoms with E-state index < -0.39 is 10.0 Å². The first kappa shape index (κ1) is 16.7. The number of imidazole rings is 1. The number of carbonyl (C=O) groups excluding carboxylic acids is 1. The van der Waals surface area contributed by atoms with E-state index in [1.807, 2.05) is 6.20 Å². The number of hydrogen-bond donors (Lipinski definition) is 2. The summed E-state index contributed by atoms with van der Waals surface area (Å²) in [4.78, 5) is 15.9. The van der Waals surface area contributed by atoms with Crippen molar-refractivity contribution in [1.82, 2.24) is 19.6 Å². The zero-order valence-electron chi connectivity index (χ0n) is 13.4. The van der Waals surface area contributed by atoms with E-state index in [9.17, 15) is 13.2 Å². The van der Waals surface area contributed by atoms with Crippen molar-refractivity contribution in [1.29, 1.82) is 0 Å². The number of carbonyl (C=O) groups is 1. The van der Waals surface area contributed by atoms with Crippen LogP contribution in [0.3, 0.4) is 0 Å². The molecular weight excluding hydrogens is 328 g/mol. The summed E-state index contributed by atoms with van der Waals surface area (Å²) in [6, 6.07) is 5.90. The molecule has 0 fully saturated rings. The van der Waals surface area contributed by atoms with Crippen LogP contribution in [-0.2, 0) is 23.0 Å². The second-order valence-corrected chi connectivity index (χ2v) is 7.62. The van der Waals surface area contributed by atoms with E-state index in [-0.39, 0.29) is 16.7 Å². The normalized spacial score (nSPS) is 17.3. The van der Waals surface area contributed by atoms with Gasteiger partial charge in [-0.05, 0) is 36.6 Å². The predicted octanol–water partition coefficient (Wildman–Crippen LogP) is 0.784. The van der Waals surface area contributed by atoms with Crippen LogP contribution in [0.5, 0.6) is 0 Å². The topological polar surface area (TPSA) is 93.1 Å². The van der Waals surface area contributed by atoms with Gasteiger partial charge in [-0.15, -0.1) is 0 Å². The molecule has 0 aliphatic carbocycles. The first-order chi connectivity index (χ1) is 11.5. The third-order valence-electron chi connectivity index (χ3n) is 4.25. The van der Waals surface area contributed by atoms with Gasteiger partial charge in [0.05, 0.1) is 4.90 Å². The van der Waals surface area contributed by atoms with Crippen molar-refractivity contribution in [3.8, 4) is 0 Å². The molecule has 2 N–H and O–H groups in total. The van der Waals surface area contributed by atoms with Gasteiger partial charge in [-0.25, -0.2) is 18.1 Å². The van der Waals surface area contributed by atoms with Crippen LogP contribution >= 0.6 is 0 Å². The Labute approximate surface area is 141 Å². The lowest BCUT2D eigenvalue weighted by atomic mass is 10.00. The highest BCUT2D eigenvalue weighted by Gasteiger charge is 2.22. The third kappa shape index (κ3) is 3.49. The second kappa shape index (κ2) is 6.74. The molecule has 0 bridgehead atoms. The largest absolute Gasteiger partial charge is 0.355 e. The van der Waals surface area contributed by atoms with Crippen molar-refractivity contribution in [2.45, 2.75) is 24.3 Å². The maximum atomic E-state index is 12.4. The molecule has 1 aliphatic rings. The predicted molar refractivity (Wildman–Crippen MR) is 89.1 cm³/mol. The molecule has 0 saturated carbocycles. The van der Waals surface area contributed by atoms with Crippen molar-refractivity contribution >= 4 is 15.9 Å². The lowest BCUT2D eigenvalue weighted by Gasteiger charge is -2.23. The molecule has 1 unspecified atom stereocenters. The summed E-state index contributed by atoms with van der Waals surface area (Å²) in [7, 11) is -2.05. The van der Waals surface area contributed by atoms with E-state index in [4.69, 9.17) is 0 Å². The van der Waals surface area contributed by atoms with E-state index in [1.165, 1.54) is 31.3 Å². The highest BCUT2D eigenvalue weighted by atomic mass is 32.2. The van der Waals surface area contributed by atoms with Gasteiger partial charge < -0.3 is 9.88 Å². The SMILES string of the molecule is CNC(=O)c1ccc(S(=O)(=O)NCC2CCc3nccn3C2)cc1. The van der Waals surface area contributed by atoms with E-state index >= 15 is 0 Å². The van der Waals surface area contributed by atoms with Crippen LogP contribution in [0, 0.1) is 5.92 Å². The number of benzene rings is 1. The van der Waals surface area contributed by atoms with Gasteiger partial charge in [0.2, 0.25) is 10.0 Å². The van der Waals surface area contributed by atoms with Gasteiger partial charge in [-0.3, -0.25) is 4.79 Å². The molecule has 1 aromatic heterocycles. The molecule has 1 aliphatic heterocycles. The summed E-state index contributed by atoms with van der Waals surface area (Å²) in [5.41, 5.74) is 0.427. The minimum atomic E-state index is -3.58. The Bertz CT molecular complexity index is 827. The molecule has 1 aromatic carbocycles. The summed E-state index contributed by atoms with van der Waals surface area (Å²) >= 11 is 0. The molecule has 24 heavy (non-hydrogen) atoms. The molecule has 0 saturated heterocycles. The fourth-order valence-corrected chi connectivity index (χ4v) is 3.96. The van der Waals surface area contributed by atoms with Crippen molar-refractivity contribution in [2.24, 2.45) is 5.92 Å².